The fraction of sp³-hybridized carbons (Fsp3) is 0.300. The van der Waals surface area contributed by atoms with E-state index in [9.17, 15) is 9.59 Å². The molecule has 0 N–H and O–H groups in total. The van der Waals surface area contributed by atoms with Crippen LogP contribution in [0.5, 0.6) is 0 Å². The number of rotatable bonds is 0. The van der Waals surface area contributed by atoms with Crippen molar-refractivity contribution < 1.29 is 9.59 Å². The standard InChI is InChI=1S/C10H10N2O2/c1-6-3-4-7-5-8(13)12(2)10(14)9(7)11-6/h3-4H,5H2,1-2H3. The molecule has 1 aliphatic heterocycles. The van der Waals surface area contributed by atoms with Crippen LogP contribution >= 0.6 is 0 Å². The van der Waals surface area contributed by atoms with Crippen LogP contribution in [-0.4, -0.2) is 28.7 Å². The number of aromatic nitrogens is 1. The van der Waals surface area contributed by atoms with Crippen molar-refractivity contribution in [3.8, 4) is 0 Å². The molecule has 0 fully saturated rings. The van der Waals surface area contributed by atoms with Gasteiger partial charge in [-0.1, -0.05) is 6.07 Å². The Morgan fingerprint density at radius 2 is 2.07 bits per heavy atom. The molecule has 0 unspecified atom stereocenters. The van der Waals surface area contributed by atoms with Crippen LogP contribution in [0.25, 0.3) is 0 Å². The van der Waals surface area contributed by atoms with Gasteiger partial charge in [0.1, 0.15) is 5.69 Å². The first kappa shape index (κ1) is 8.87. The van der Waals surface area contributed by atoms with Gasteiger partial charge in [-0.05, 0) is 18.6 Å². The van der Waals surface area contributed by atoms with Crippen molar-refractivity contribution in [2.24, 2.45) is 0 Å². The lowest BCUT2D eigenvalue weighted by Crippen LogP contribution is -2.39. The molecule has 0 aliphatic carbocycles. The second-order valence-electron chi connectivity index (χ2n) is 3.40. The fourth-order valence-corrected chi connectivity index (χ4v) is 1.47. The Morgan fingerprint density at radius 3 is 2.79 bits per heavy atom. The van der Waals surface area contributed by atoms with Crippen LogP contribution in [0.15, 0.2) is 12.1 Å². The van der Waals surface area contributed by atoms with Crippen LogP contribution in [0, 0.1) is 6.92 Å². The van der Waals surface area contributed by atoms with Crippen LogP contribution in [0.1, 0.15) is 21.7 Å². The molecule has 1 aliphatic rings. The van der Waals surface area contributed by atoms with Crippen LogP contribution in [0.4, 0.5) is 0 Å². The molecule has 0 aromatic carbocycles. The summed E-state index contributed by atoms with van der Waals surface area (Å²) in [5.74, 6) is -0.479. The van der Waals surface area contributed by atoms with E-state index in [1.54, 1.807) is 6.07 Å². The highest BCUT2D eigenvalue weighted by atomic mass is 16.2. The van der Waals surface area contributed by atoms with Crippen LogP contribution < -0.4 is 0 Å². The highest BCUT2D eigenvalue weighted by molar-refractivity contribution is 6.08. The molecule has 2 rings (SSSR count). The van der Waals surface area contributed by atoms with Gasteiger partial charge in [0.25, 0.3) is 5.91 Å². The number of fused-ring (bicyclic) bond motifs is 1. The number of hydrogen-bond acceptors (Lipinski definition) is 3. The second-order valence-corrected chi connectivity index (χ2v) is 3.40. The Kier molecular flexibility index (Phi) is 1.84. The third kappa shape index (κ3) is 1.19. The zero-order valence-electron chi connectivity index (χ0n) is 8.07. The molecule has 1 aromatic rings. The average Bonchev–Trinajstić information content (AvgIpc) is 2.16. The zero-order chi connectivity index (χ0) is 10.3. The monoisotopic (exact) mass is 190 g/mol. The van der Waals surface area contributed by atoms with Crippen LogP contribution in [-0.2, 0) is 11.2 Å². The SMILES string of the molecule is Cc1ccc2c(n1)C(=O)N(C)C(=O)C2. The number of carbonyl (C=O) groups excluding carboxylic acids is 2. The number of nitrogens with zero attached hydrogens (tertiary/aromatic N) is 2. The predicted octanol–water partition coefficient (Wildman–Crippen LogP) is 0.545. The van der Waals surface area contributed by atoms with Crippen molar-refractivity contribution >= 4 is 11.8 Å². The molecule has 0 saturated carbocycles. The Balaban J connectivity index is 2.57. The molecule has 0 saturated heterocycles. The van der Waals surface area contributed by atoms with E-state index < -0.39 is 0 Å². The summed E-state index contributed by atoms with van der Waals surface area (Å²) in [4.78, 5) is 28.2. The van der Waals surface area contributed by atoms with E-state index in [4.69, 9.17) is 0 Å². The first-order chi connectivity index (χ1) is 6.59. The van der Waals surface area contributed by atoms with Crippen molar-refractivity contribution in [3.63, 3.8) is 0 Å². The molecule has 4 nitrogen and oxygen atoms in total. The van der Waals surface area contributed by atoms with E-state index in [1.165, 1.54) is 7.05 Å². The largest absolute Gasteiger partial charge is 0.280 e. The fourth-order valence-electron chi connectivity index (χ4n) is 1.47. The molecule has 2 heterocycles. The van der Waals surface area contributed by atoms with Crippen LogP contribution in [0.2, 0.25) is 0 Å². The van der Waals surface area contributed by atoms with E-state index in [-0.39, 0.29) is 18.2 Å². The lowest BCUT2D eigenvalue weighted by atomic mass is 10.0. The van der Waals surface area contributed by atoms with Gasteiger partial charge in [0.15, 0.2) is 0 Å². The third-order valence-electron chi connectivity index (χ3n) is 2.34. The topological polar surface area (TPSA) is 50.3 Å². The first-order valence-electron chi connectivity index (χ1n) is 4.37. The van der Waals surface area contributed by atoms with Gasteiger partial charge in [0, 0.05) is 12.7 Å². The van der Waals surface area contributed by atoms with Gasteiger partial charge in [0.05, 0.1) is 6.42 Å². The van der Waals surface area contributed by atoms with Gasteiger partial charge in [-0.3, -0.25) is 14.5 Å². The molecule has 0 atom stereocenters. The summed E-state index contributed by atoms with van der Waals surface area (Å²) in [6.07, 6.45) is 0.269. The molecule has 72 valence electrons. The van der Waals surface area contributed by atoms with E-state index in [1.807, 2.05) is 13.0 Å². The summed E-state index contributed by atoms with van der Waals surface area (Å²) in [6.45, 7) is 1.82. The number of aryl methyl sites for hydroxylation is 1. The summed E-state index contributed by atoms with van der Waals surface area (Å²) < 4.78 is 0. The number of amides is 2. The third-order valence-corrected chi connectivity index (χ3v) is 2.34. The predicted molar refractivity (Wildman–Crippen MR) is 49.8 cm³/mol. The number of hydrogen-bond donors (Lipinski definition) is 0. The van der Waals surface area contributed by atoms with Gasteiger partial charge < -0.3 is 0 Å². The number of imide groups is 1. The molecule has 14 heavy (non-hydrogen) atoms. The quantitative estimate of drug-likeness (QED) is 0.561. The maximum absolute atomic E-state index is 11.6. The lowest BCUT2D eigenvalue weighted by molar-refractivity contribution is -0.127. The molecule has 2 amide bonds. The molecule has 4 heteroatoms. The molecular formula is C10H10N2O2. The minimum Gasteiger partial charge on any atom is -0.280 e. The molecule has 0 bridgehead atoms. The lowest BCUT2D eigenvalue weighted by Gasteiger charge is -2.22. The van der Waals surface area contributed by atoms with E-state index in [0.717, 1.165) is 16.2 Å². The number of pyridine rings is 1. The van der Waals surface area contributed by atoms with Crippen molar-refractivity contribution in [1.29, 1.82) is 0 Å². The molecular weight excluding hydrogens is 180 g/mol. The normalized spacial score (nSPS) is 15.7. The summed E-state index contributed by atoms with van der Waals surface area (Å²) in [7, 11) is 1.48. The molecule has 0 radical (unpaired) electrons. The minimum atomic E-state index is -0.306. The Morgan fingerprint density at radius 1 is 1.36 bits per heavy atom. The summed E-state index contributed by atoms with van der Waals surface area (Å²) in [5.41, 5.74) is 1.93. The van der Waals surface area contributed by atoms with E-state index in [2.05, 4.69) is 4.98 Å². The molecule has 1 aromatic heterocycles. The minimum absolute atomic E-state index is 0.173. The summed E-state index contributed by atoms with van der Waals surface area (Å²) in [5, 5.41) is 0. The summed E-state index contributed by atoms with van der Waals surface area (Å²) >= 11 is 0. The maximum Gasteiger partial charge on any atom is 0.279 e. The number of likely N-dealkylation sites (N-methyl/N-ethyl adjacent to an activating group) is 1. The van der Waals surface area contributed by atoms with E-state index in [0.29, 0.717) is 5.69 Å². The first-order valence-corrected chi connectivity index (χ1v) is 4.37. The smallest absolute Gasteiger partial charge is 0.279 e. The van der Waals surface area contributed by atoms with Crippen molar-refractivity contribution in [2.75, 3.05) is 7.05 Å². The maximum atomic E-state index is 11.6. The Hall–Kier alpha value is -1.71. The van der Waals surface area contributed by atoms with Crippen molar-refractivity contribution in [1.82, 2.24) is 9.88 Å². The van der Waals surface area contributed by atoms with Gasteiger partial charge in [-0.2, -0.15) is 0 Å². The van der Waals surface area contributed by atoms with Gasteiger partial charge >= 0.3 is 0 Å². The summed E-state index contributed by atoms with van der Waals surface area (Å²) in [6, 6.07) is 3.60. The Labute approximate surface area is 81.6 Å². The van der Waals surface area contributed by atoms with Gasteiger partial charge in [-0.25, -0.2) is 4.98 Å². The molecule has 0 spiro atoms. The van der Waals surface area contributed by atoms with Gasteiger partial charge in [0.2, 0.25) is 5.91 Å². The average molecular weight is 190 g/mol. The zero-order valence-corrected chi connectivity index (χ0v) is 8.07. The van der Waals surface area contributed by atoms with Crippen molar-refractivity contribution in [2.45, 2.75) is 13.3 Å². The highest BCUT2D eigenvalue weighted by Gasteiger charge is 2.28. The van der Waals surface area contributed by atoms with E-state index >= 15 is 0 Å². The second kappa shape index (κ2) is 2.90. The van der Waals surface area contributed by atoms with Crippen LogP contribution in [0.3, 0.4) is 0 Å². The van der Waals surface area contributed by atoms with Gasteiger partial charge in [-0.15, -0.1) is 0 Å². The highest BCUT2D eigenvalue weighted by Crippen LogP contribution is 2.16. The number of carbonyl (C=O) groups is 2. The van der Waals surface area contributed by atoms with Crippen molar-refractivity contribution in [3.05, 3.63) is 29.1 Å². The Bertz CT molecular complexity index is 426.